The third kappa shape index (κ3) is 4.36. The normalized spacial score (nSPS) is 15.3. The van der Waals surface area contributed by atoms with E-state index in [0.717, 1.165) is 12.8 Å². The van der Waals surface area contributed by atoms with Gasteiger partial charge in [-0.2, -0.15) is 0 Å². The number of aromatic nitrogens is 1. The van der Waals surface area contributed by atoms with Gasteiger partial charge in [-0.15, -0.1) is 0 Å². The van der Waals surface area contributed by atoms with Crippen LogP contribution in [0.2, 0.25) is 0 Å². The zero-order valence-electron chi connectivity index (χ0n) is 15.7. The molecule has 0 aliphatic carbocycles. The van der Waals surface area contributed by atoms with Crippen LogP contribution in [0.4, 0.5) is 0 Å². The maximum absolute atomic E-state index is 12.9. The van der Waals surface area contributed by atoms with Crippen LogP contribution in [-0.2, 0) is 4.79 Å². The van der Waals surface area contributed by atoms with E-state index in [-0.39, 0.29) is 18.5 Å². The van der Waals surface area contributed by atoms with Gasteiger partial charge in [-0.1, -0.05) is 6.92 Å². The molecule has 0 unspecified atom stereocenters. The van der Waals surface area contributed by atoms with Crippen LogP contribution in [-0.4, -0.2) is 64.0 Å². The molecular weight excluding hydrogens is 346 g/mol. The van der Waals surface area contributed by atoms with Gasteiger partial charge >= 0.3 is 5.97 Å². The fourth-order valence-corrected chi connectivity index (χ4v) is 3.63. The minimum atomic E-state index is -0.811. The highest BCUT2D eigenvalue weighted by atomic mass is 16.4. The van der Waals surface area contributed by atoms with Crippen molar-refractivity contribution in [2.45, 2.75) is 32.7 Å². The molecule has 3 heterocycles. The van der Waals surface area contributed by atoms with Gasteiger partial charge in [0.1, 0.15) is 5.69 Å². The number of carboxylic acid groups (broad SMARTS) is 1. The summed E-state index contributed by atoms with van der Waals surface area (Å²) in [5, 5.41) is 9.04. The van der Waals surface area contributed by atoms with Gasteiger partial charge in [0.2, 0.25) is 0 Å². The van der Waals surface area contributed by atoms with Gasteiger partial charge in [0.05, 0.1) is 24.1 Å². The highest BCUT2D eigenvalue weighted by Gasteiger charge is 2.28. The molecule has 1 saturated heterocycles. The van der Waals surface area contributed by atoms with E-state index in [1.54, 1.807) is 24.5 Å². The number of carboxylic acids is 1. The molecule has 7 heteroatoms. The molecule has 7 nitrogen and oxygen atoms in total. The van der Waals surface area contributed by atoms with Crippen molar-refractivity contribution in [2.75, 3.05) is 26.2 Å². The number of aliphatic carboxylic acids is 1. The zero-order valence-corrected chi connectivity index (χ0v) is 15.7. The Labute approximate surface area is 158 Å². The first kappa shape index (κ1) is 19.1. The van der Waals surface area contributed by atoms with E-state index in [2.05, 4.69) is 4.98 Å². The summed E-state index contributed by atoms with van der Waals surface area (Å²) < 4.78 is 5.36. The van der Waals surface area contributed by atoms with Crippen molar-refractivity contribution in [3.63, 3.8) is 0 Å². The second-order valence-corrected chi connectivity index (χ2v) is 6.79. The summed E-state index contributed by atoms with van der Waals surface area (Å²) >= 11 is 0. The van der Waals surface area contributed by atoms with Crippen molar-refractivity contribution in [2.24, 2.45) is 0 Å². The Balaban J connectivity index is 1.65. The Kier molecular flexibility index (Phi) is 5.91. The van der Waals surface area contributed by atoms with Crippen molar-refractivity contribution in [1.29, 1.82) is 0 Å². The van der Waals surface area contributed by atoms with Crippen LogP contribution in [0.3, 0.4) is 0 Å². The summed E-state index contributed by atoms with van der Waals surface area (Å²) in [6.45, 7) is 5.79. The molecule has 27 heavy (non-hydrogen) atoms. The lowest BCUT2D eigenvalue weighted by atomic mass is 10.0. The van der Waals surface area contributed by atoms with E-state index >= 15 is 0 Å². The Morgan fingerprint density at radius 1 is 1.30 bits per heavy atom. The van der Waals surface area contributed by atoms with Crippen LogP contribution in [0, 0.1) is 6.92 Å². The lowest BCUT2D eigenvalue weighted by Crippen LogP contribution is -2.48. The molecule has 0 atom stereocenters. The van der Waals surface area contributed by atoms with Gasteiger partial charge in [0.15, 0.2) is 5.76 Å². The maximum Gasteiger partial charge on any atom is 0.317 e. The van der Waals surface area contributed by atoms with E-state index < -0.39 is 5.97 Å². The summed E-state index contributed by atoms with van der Waals surface area (Å²) in [5.41, 5.74) is 1.98. The van der Waals surface area contributed by atoms with Crippen molar-refractivity contribution >= 4 is 11.9 Å². The highest BCUT2D eigenvalue weighted by Crippen LogP contribution is 2.22. The third-order valence-electron chi connectivity index (χ3n) is 5.10. The number of likely N-dealkylation sites (tertiary alicyclic amines) is 1. The standard InChI is InChI=1S/C20H25N3O4/c1-3-22(13-19(24)25)15-8-10-23(11-9-15)20(26)16-6-7-17(21-14(16)2)18-5-4-12-27-18/h4-7,12,15H,3,8-11,13H2,1-2H3,(H,24,25). The summed E-state index contributed by atoms with van der Waals surface area (Å²) in [7, 11) is 0. The van der Waals surface area contributed by atoms with Crippen LogP contribution in [0.5, 0.6) is 0 Å². The first-order valence-corrected chi connectivity index (χ1v) is 9.26. The molecule has 0 bridgehead atoms. The highest BCUT2D eigenvalue weighted by molar-refractivity contribution is 5.95. The second kappa shape index (κ2) is 8.35. The van der Waals surface area contributed by atoms with E-state index in [1.165, 1.54) is 0 Å². The van der Waals surface area contributed by atoms with E-state index in [4.69, 9.17) is 9.52 Å². The number of carbonyl (C=O) groups is 2. The fraction of sp³-hybridized carbons (Fsp3) is 0.450. The largest absolute Gasteiger partial charge is 0.480 e. The number of likely N-dealkylation sites (N-methyl/N-ethyl adjacent to an activating group) is 1. The zero-order chi connectivity index (χ0) is 19.4. The lowest BCUT2D eigenvalue weighted by Gasteiger charge is -2.37. The van der Waals surface area contributed by atoms with Crippen molar-refractivity contribution in [3.8, 4) is 11.5 Å². The predicted molar refractivity (Wildman–Crippen MR) is 100 cm³/mol. The average Bonchev–Trinajstić information content (AvgIpc) is 3.20. The molecule has 1 fully saturated rings. The predicted octanol–water partition coefficient (Wildman–Crippen LogP) is 2.66. The number of nitrogens with zero attached hydrogens (tertiary/aromatic N) is 3. The molecule has 0 spiro atoms. The SMILES string of the molecule is CCN(CC(=O)O)C1CCN(C(=O)c2ccc(-c3ccco3)nc2C)CC1. The fourth-order valence-electron chi connectivity index (χ4n) is 3.63. The molecule has 1 aliphatic rings. The first-order valence-electron chi connectivity index (χ1n) is 9.26. The minimum Gasteiger partial charge on any atom is -0.480 e. The molecule has 0 saturated carbocycles. The second-order valence-electron chi connectivity index (χ2n) is 6.79. The molecule has 2 aromatic heterocycles. The smallest absolute Gasteiger partial charge is 0.317 e. The molecule has 1 N–H and O–H groups in total. The van der Waals surface area contributed by atoms with E-state index in [9.17, 15) is 9.59 Å². The summed E-state index contributed by atoms with van der Waals surface area (Å²) in [5.74, 6) is -0.157. The van der Waals surface area contributed by atoms with Gasteiger partial charge < -0.3 is 14.4 Å². The van der Waals surface area contributed by atoms with Crippen LogP contribution < -0.4 is 0 Å². The number of amides is 1. The Bertz CT molecular complexity index is 796. The lowest BCUT2D eigenvalue weighted by molar-refractivity contribution is -0.139. The maximum atomic E-state index is 12.9. The third-order valence-corrected chi connectivity index (χ3v) is 5.10. The molecule has 0 aromatic carbocycles. The van der Waals surface area contributed by atoms with E-state index in [0.29, 0.717) is 42.3 Å². The molecule has 2 aromatic rings. The Morgan fingerprint density at radius 3 is 2.59 bits per heavy atom. The van der Waals surface area contributed by atoms with E-state index in [1.807, 2.05) is 29.7 Å². The average molecular weight is 371 g/mol. The van der Waals surface area contributed by atoms with Gasteiger partial charge in [0.25, 0.3) is 5.91 Å². The molecular formula is C20H25N3O4. The first-order chi connectivity index (χ1) is 13.0. The monoisotopic (exact) mass is 371 g/mol. The number of carbonyl (C=O) groups excluding carboxylic acids is 1. The number of furan rings is 1. The molecule has 1 amide bonds. The van der Waals surface area contributed by atoms with Crippen LogP contribution >= 0.6 is 0 Å². The van der Waals surface area contributed by atoms with Crippen molar-refractivity contribution in [1.82, 2.24) is 14.8 Å². The quantitative estimate of drug-likeness (QED) is 0.840. The molecule has 3 rings (SSSR count). The molecule has 1 aliphatic heterocycles. The Morgan fingerprint density at radius 2 is 2.04 bits per heavy atom. The summed E-state index contributed by atoms with van der Waals surface area (Å²) in [6, 6.07) is 7.45. The van der Waals surface area contributed by atoms with Gasteiger partial charge in [-0.05, 0) is 50.6 Å². The number of aryl methyl sites for hydroxylation is 1. The Hall–Kier alpha value is -2.67. The van der Waals surface area contributed by atoms with Gasteiger partial charge in [0, 0.05) is 19.1 Å². The molecule has 0 radical (unpaired) electrons. The van der Waals surface area contributed by atoms with Crippen LogP contribution in [0.25, 0.3) is 11.5 Å². The van der Waals surface area contributed by atoms with Crippen molar-refractivity contribution < 1.29 is 19.1 Å². The topological polar surface area (TPSA) is 86.9 Å². The number of piperidine rings is 1. The number of hydrogen-bond donors (Lipinski definition) is 1. The van der Waals surface area contributed by atoms with Crippen LogP contribution in [0.1, 0.15) is 35.8 Å². The van der Waals surface area contributed by atoms with Gasteiger partial charge in [-0.25, -0.2) is 4.98 Å². The number of rotatable bonds is 6. The summed E-state index contributed by atoms with van der Waals surface area (Å²) in [6.07, 6.45) is 3.16. The van der Waals surface area contributed by atoms with Crippen LogP contribution in [0.15, 0.2) is 34.9 Å². The van der Waals surface area contributed by atoms with Crippen molar-refractivity contribution in [3.05, 3.63) is 41.8 Å². The summed E-state index contributed by atoms with van der Waals surface area (Å²) in [4.78, 5) is 32.2. The molecule has 144 valence electrons. The minimum absolute atomic E-state index is 0.0225. The van der Waals surface area contributed by atoms with Gasteiger partial charge in [-0.3, -0.25) is 14.5 Å². The number of pyridine rings is 1. The number of hydrogen-bond acceptors (Lipinski definition) is 5.